The summed E-state index contributed by atoms with van der Waals surface area (Å²) in [6.45, 7) is 2.30. The minimum absolute atomic E-state index is 0.0148. The third-order valence-electron chi connectivity index (χ3n) is 6.52. The Kier molecular flexibility index (Phi) is 4.85. The Morgan fingerprint density at radius 3 is 2.84 bits per heavy atom. The second-order valence-corrected chi connectivity index (χ2v) is 8.49. The van der Waals surface area contributed by atoms with Gasteiger partial charge in [-0.05, 0) is 56.2 Å². The van der Waals surface area contributed by atoms with E-state index in [-0.39, 0.29) is 23.0 Å². The predicted molar refractivity (Wildman–Crippen MR) is 116 cm³/mol. The van der Waals surface area contributed by atoms with Crippen LogP contribution < -0.4 is 15.5 Å². The average molecular weight is 418 g/mol. The minimum atomic E-state index is -0.523. The normalized spacial score (nSPS) is 22.5. The van der Waals surface area contributed by atoms with E-state index in [1.54, 1.807) is 12.4 Å². The van der Waals surface area contributed by atoms with E-state index in [1.165, 1.54) is 11.6 Å². The van der Waals surface area contributed by atoms with Crippen LogP contribution >= 0.6 is 0 Å². The Morgan fingerprint density at radius 2 is 2.13 bits per heavy atom. The van der Waals surface area contributed by atoms with Gasteiger partial charge in [-0.2, -0.15) is 5.26 Å². The first-order chi connectivity index (χ1) is 15.1. The van der Waals surface area contributed by atoms with Crippen LogP contribution in [-0.2, 0) is 0 Å². The SMILES string of the molecule is CC1COc2c(NC3CCC(c4cccnc4)CC3)c(F)cc3c(=O)c(C#N)cn1c23. The molecule has 2 aliphatic rings. The van der Waals surface area contributed by atoms with Crippen LogP contribution in [0.25, 0.3) is 10.9 Å². The number of benzene rings is 1. The molecule has 5 rings (SSSR count). The first-order valence-electron chi connectivity index (χ1n) is 10.7. The van der Waals surface area contributed by atoms with E-state index < -0.39 is 11.2 Å². The molecule has 0 amide bonds. The maximum absolute atomic E-state index is 15.2. The summed E-state index contributed by atoms with van der Waals surface area (Å²) < 4.78 is 22.9. The maximum Gasteiger partial charge on any atom is 0.207 e. The fourth-order valence-corrected chi connectivity index (χ4v) is 4.83. The number of anilines is 1. The molecule has 3 heterocycles. The second-order valence-electron chi connectivity index (χ2n) is 8.49. The van der Waals surface area contributed by atoms with Gasteiger partial charge in [0.05, 0.1) is 16.9 Å². The summed E-state index contributed by atoms with van der Waals surface area (Å²) in [7, 11) is 0. The number of nitrogens with one attached hydrogen (secondary N) is 1. The van der Waals surface area contributed by atoms with Crippen LogP contribution in [0.1, 0.15) is 55.7 Å². The van der Waals surface area contributed by atoms with Crippen LogP contribution in [0.4, 0.5) is 10.1 Å². The zero-order chi connectivity index (χ0) is 21.5. The van der Waals surface area contributed by atoms with Crippen molar-refractivity contribution in [1.29, 1.82) is 5.26 Å². The van der Waals surface area contributed by atoms with Crippen molar-refractivity contribution in [2.24, 2.45) is 0 Å². The molecule has 1 atom stereocenters. The Bertz CT molecular complexity index is 1240. The number of pyridine rings is 2. The van der Waals surface area contributed by atoms with E-state index in [0.717, 1.165) is 25.7 Å². The Balaban J connectivity index is 1.47. The van der Waals surface area contributed by atoms with Gasteiger partial charge in [-0.1, -0.05) is 6.07 Å². The third-order valence-corrected chi connectivity index (χ3v) is 6.52. The Morgan fingerprint density at radius 1 is 1.32 bits per heavy atom. The van der Waals surface area contributed by atoms with Crippen molar-refractivity contribution < 1.29 is 9.13 Å². The summed E-state index contributed by atoms with van der Waals surface area (Å²) in [6.07, 6.45) is 9.09. The van der Waals surface area contributed by atoms with Gasteiger partial charge in [0, 0.05) is 24.6 Å². The van der Waals surface area contributed by atoms with Gasteiger partial charge in [-0.25, -0.2) is 4.39 Å². The molecular formula is C24H23FN4O2. The Labute approximate surface area is 179 Å². The van der Waals surface area contributed by atoms with Gasteiger partial charge in [0.1, 0.15) is 23.9 Å². The molecule has 158 valence electrons. The zero-order valence-corrected chi connectivity index (χ0v) is 17.3. The Hall–Kier alpha value is -3.40. The molecule has 3 aromatic rings. The lowest BCUT2D eigenvalue weighted by atomic mass is 9.82. The summed E-state index contributed by atoms with van der Waals surface area (Å²) in [5.74, 6) is 0.312. The summed E-state index contributed by atoms with van der Waals surface area (Å²) in [4.78, 5) is 16.9. The predicted octanol–water partition coefficient (Wildman–Crippen LogP) is 4.50. The summed E-state index contributed by atoms with van der Waals surface area (Å²) in [6, 6.07) is 7.31. The number of hydrogen-bond acceptors (Lipinski definition) is 5. The number of hydrogen-bond donors (Lipinski definition) is 1. The molecular weight excluding hydrogens is 395 g/mol. The number of halogens is 1. The van der Waals surface area contributed by atoms with Crippen LogP contribution in [0.15, 0.2) is 41.6 Å². The van der Waals surface area contributed by atoms with Crippen LogP contribution in [0.5, 0.6) is 5.75 Å². The third kappa shape index (κ3) is 3.32. The van der Waals surface area contributed by atoms with Crippen molar-refractivity contribution in [2.75, 3.05) is 11.9 Å². The van der Waals surface area contributed by atoms with Crippen LogP contribution in [0, 0.1) is 17.1 Å². The van der Waals surface area contributed by atoms with Gasteiger partial charge in [0.2, 0.25) is 5.43 Å². The smallest absolute Gasteiger partial charge is 0.207 e. The van der Waals surface area contributed by atoms with Crippen LogP contribution in [-0.4, -0.2) is 22.2 Å². The highest BCUT2D eigenvalue weighted by atomic mass is 19.1. The molecule has 31 heavy (non-hydrogen) atoms. The lowest BCUT2D eigenvalue weighted by Crippen LogP contribution is -2.29. The van der Waals surface area contributed by atoms with Crippen LogP contribution in [0.2, 0.25) is 0 Å². The molecule has 1 saturated carbocycles. The number of rotatable bonds is 3. The zero-order valence-electron chi connectivity index (χ0n) is 17.3. The van der Waals surface area contributed by atoms with E-state index in [0.29, 0.717) is 29.5 Å². The monoisotopic (exact) mass is 418 g/mol. The molecule has 2 aromatic heterocycles. The molecule has 0 saturated heterocycles. The van der Waals surface area contributed by atoms with Crippen molar-refractivity contribution in [3.8, 4) is 11.8 Å². The van der Waals surface area contributed by atoms with E-state index in [2.05, 4.69) is 16.4 Å². The highest BCUT2D eigenvalue weighted by molar-refractivity contribution is 5.92. The topological polar surface area (TPSA) is 79.9 Å². The lowest BCUT2D eigenvalue weighted by molar-refractivity contribution is 0.247. The molecule has 1 unspecified atom stereocenters. The summed E-state index contributed by atoms with van der Waals surface area (Å²) in [5, 5.41) is 12.9. The summed E-state index contributed by atoms with van der Waals surface area (Å²) in [5.41, 5.74) is 1.66. The van der Waals surface area contributed by atoms with Gasteiger partial charge in [0.15, 0.2) is 11.6 Å². The molecule has 1 aromatic carbocycles. The average Bonchev–Trinajstić information content (AvgIpc) is 2.80. The second kappa shape index (κ2) is 7.69. The number of aromatic nitrogens is 2. The van der Waals surface area contributed by atoms with E-state index in [9.17, 15) is 10.1 Å². The molecule has 1 fully saturated rings. The number of nitrogens with zero attached hydrogens (tertiary/aromatic N) is 3. The number of nitriles is 1. The molecule has 1 aliphatic carbocycles. The highest BCUT2D eigenvalue weighted by Crippen LogP contribution is 2.41. The van der Waals surface area contributed by atoms with Crippen molar-refractivity contribution in [3.63, 3.8) is 0 Å². The number of ether oxygens (including phenoxy) is 1. The molecule has 0 radical (unpaired) electrons. The molecule has 6 nitrogen and oxygen atoms in total. The standard InChI is InChI=1S/C24H23FN4O2/c1-14-13-31-24-21(20(25)9-19-22(24)29(14)12-17(10-26)23(19)30)28-18-6-4-15(5-7-18)16-3-2-8-27-11-16/h2-3,8-9,11-12,14-15,18,28H,4-7,13H2,1H3. The van der Waals surface area contributed by atoms with Gasteiger partial charge in [-0.3, -0.25) is 9.78 Å². The maximum atomic E-state index is 15.2. The molecule has 0 spiro atoms. The molecule has 1 N–H and O–H groups in total. The highest BCUT2D eigenvalue weighted by Gasteiger charge is 2.29. The summed E-state index contributed by atoms with van der Waals surface area (Å²) >= 11 is 0. The molecule has 1 aliphatic heterocycles. The van der Waals surface area contributed by atoms with Gasteiger partial charge in [-0.15, -0.1) is 0 Å². The largest absolute Gasteiger partial charge is 0.487 e. The first kappa shape index (κ1) is 19.6. The first-order valence-corrected chi connectivity index (χ1v) is 10.7. The van der Waals surface area contributed by atoms with Gasteiger partial charge < -0.3 is 14.6 Å². The lowest BCUT2D eigenvalue weighted by Gasteiger charge is -2.32. The van der Waals surface area contributed by atoms with Gasteiger partial charge in [0.25, 0.3) is 0 Å². The van der Waals surface area contributed by atoms with E-state index in [1.807, 2.05) is 29.8 Å². The van der Waals surface area contributed by atoms with Crippen molar-refractivity contribution in [1.82, 2.24) is 9.55 Å². The fraction of sp³-hybridized carbons (Fsp3) is 0.375. The van der Waals surface area contributed by atoms with Crippen LogP contribution in [0.3, 0.4) is 0 Å². The van der Waals surface area contributed by atoms with Crippen molar-refractivity contribution >= 4 is 16.6 Å². The quantitative estimate of drug-likeness (QED) is 0.677. The minimum Gasteiger partial charge on any atom is -0.487 e. The van der Waals surface area contributed by atoms with Crippen molar-refractivity contribution in [3.05, 3.63) is 64.0 Å². The van der Waals surface area contributed by atoms with Gasteiger partial charge >= 0.3 is 0 Å². The van der Waals surface area contributed by atoms with Crippen molar-refractivity contribution in [2.45, 2.75) is 50.6 Å². The molecule has 7 heteroatoms. The van der Waals surface area contributed by atoms with E-state index in [4.69, 9.17) is 4.74 Å². The molecule has 0 bridgehead atoms. The fourth-order valence-electron chi connectivity index (χ4n) is 4.83. The van der Waals surface area contributed by atoms with E-state index >= 15 is 4.39 Å².